The minimum absolute atomic E-state index is 0.128. The molecule has 1 rings (SSSR count). The van der Waals surface area contributed by atoms with Crippen LogP contribution >= 0.6 is 0 Å². The number of unbranched alkanes of at least 4 members (excludes halogenated alkanes) is 2. The molecular formula is C10H20O3. The molecule has 1 heterocycles. The van der Waals surface area contributed by atoms with Gasteiger partial charge in [-0.2, -0.15) is 0 Å². The second kappa shape index (κ2) is 6.35. The van der Waals surface area contributed by atoms with Gasteiger partial charge in [0.1, 0.15) is 0 Å². The van der Waals surface area contributed by atoms with Crippen molar-refractivity contribution in [3.8, 4) is 0 Å². The van der Waals surface area contributed by atoms with Crippen LogP contribution in [-0.4, -0.2) is 19.0 Å². The summed E-state index contributed by atoms with van der Waals surface area (Å²) < 4.78 is 5.42. The molecule has 1 saturated heterocycles. The Morgan fingerprint density at radius 2 is 2.15 bits per heavy atom. The topological polar surface area (TPSA) is 27.7 Å². The predicted molar refractivity (Wildman–Crippen MR) is 50.1 cm³/mol. The maximum atomic E-state index is 5.42. The summed E-state index contributed by atoms with van der Waals surface area (Å²) in [5.74, 6) is 0. The smallest absolute Gasteiger partial charge is 0.191 e. The number of hydrogen-bond donors (Lipinski definition) is 0. The van der Waals surface area contributed by atoms with Crippen LogP contribution in [0.5, 0.6) is 0 Å². The molecule has 0 aromatic rings. The molecule has 3 nitrogen and oxygen atoms in total. The molecule has 1 aliphatic rings. The first-order chi connectivity index (χ1) is 6.33. The van der Waals surface area contributed by atoms with E-state index in [1.165, 1.54) is 12.8 Å². The summed E-state index contributed by atoms with van der Waals surface area (Å²) in [4.78, 5) is 10.1. The van der Waals surface area contributed by atoms with E-state index in [4.69, 9.17) is 14.5 Å². The van der Waals surface area contributed by atoms with Crippen LogP contribution in [0.4, 0.5) is 0 Å². The van der Waals surface area contributed by atoms with Gasteiger partial charge in [-0.3, -0.25) is 0 Å². The van der Waals surface area contributed by atoms with Crippen molar-refractivity contribution < 1.29 is 14.5 Å². The zero-order valence-electron chi connectivity index (χ0n) is 8.62. The van der Waals surface area contributed by atoms with E-state index in [0.29, 0.717) is 12.7 Å². The van der Waals surface area contributed by atoms with Gasteiger partial charge in [-0.1, -0.05) is 19.8 Å². The molecule has 1 fully saturated rings. The summed E-state index contributed by atoms with van der Waals surface area (Å²) in [5.41, 5.74) is 0. The van der Waals surface area contributed by atoms with E-state index in [-0.39, 0.29) is 6.29 Å². The molecule has 2 atom stereocenters. The van der Waals surface area contributed by atoms with Gasteiger partial charge < -0.3 is 4.74 Å². The summed E-state index contributed by atoms with van der Waals surface area (Å²) >= 11 is 0. The quantitative estimate of drug-likeness (QED) is 0.364. The molecule has 0 bridgehead atoms. The molecule has 0 radical (unpaired) electrons. The van der Waals surface area contributed by atoms with E-state index in [1.54, 1.807) is 0 Å². The molecule has 1 unspecified atom stereocenters. The monoisotopic (exact) mass is 188 g/mol. The Morgan fingerprint density at radius 3 is 2.77 bits per heavy atom. The average molecular weight is 188 g/mol. The Bertz CT molecular complexity index is 127. The molecule has 0 aliphatic carbocycles. The number of rotatable bonds is 6. The van der Waals surface area contributed by atoms with Crippen molar-refractivity contribution in [1.82, 2.24) is 0 Å². The molecule has 0 aromatic carbocycles. The Kier molecular flexibility index (Phi) is 5.35. The van der Waals surface area contributed by atoms with Crippen LogP contribution in [-0.2, 0) is 14.5 Å². The fraction of sp³-hybridized carbons (Fsp3) is 1.00. The standard InChI is InChI=1S/C10H20O3/c1-3-4-5-8-11-13-10-7-6-9(2)12-10/h9-10H,3-8H2,1-2H3/t9?,10-/m1/s1. The van der Waals surface area contributed by atoms with Gasteiger partial charge in [-0.25, -0.2) is 9.78 Å². The van der Waals surface area contributed by atoms with Crippen molar-refractivity contribution in [3.63, 3.8) is 0 Å². The van der Waals surface area contributed by atoms with Gasteiger partial charge in [0.05, 0.1) is 12.7 Å². The van der Waals surface area contributed by atoms with Crippen molar-refractivity contribution in [2.75, 3.05) is 6.61 Å². The highest BCUT2D eigenvalue weighted by Gasteiger charge is 2.22. The van der Waals surface area contributed by atoms with Crippen LogP contribution in [0.25, 0.3) is 0 Å². The molecule has 13 heavy (non-hydrogen) atoms. The molecule has 3 heteroatoms. The van der Waals surface area contributed by atoms with Gasteiger partial charge in [-0.15, -0.1) is 0 Å². The fourth-order valence-electron chi connectivity index (χ4n) is 1.37. The first-order valence-corrected chi connectivity index (χ1v) is 5.26. The number of ether oxygens (including phenoxy) is 1. The minimum Gasteiger partial charge on any atom is -0.347 e. The fourth-order valence-corrected chi connectivity index (χ4v) is 1.37. The first-order valence-electron chi connectivity index (χ1n) is 5.26. The number of hydrogen-bond acceptors (Lipinski definition) is 3. The van der Waals surface area contributed by atoms with Crippen LogP contribution in [0.1, 0.15) is 46.0 Å². The summed E-state index contributed by atoms with van der Waals surface area (Å²) in [7, 11) is 0. The lowest BCUT2D eigenvalue weighted by Crippen LogP contribution is -2.13. The zero-order valence-corrected chi connectivity index (χ0v) is 8.62. The minimum atomic E-state index is -0.128. The van der Waals surface area contributed by atoms with Gasteiger partial charge in [0.25, 0.3) is 0 Å². The molecule has 78 valence electrons. The highest BCUT2D eigenvalue weighted by Crippen LogP contribution is 2.19. The second-order valence-electron chi connectivity index (χ2n) is 3.58. The van der Waals surface area contributed by atoms with Crippen LogP contribution < -0.4 is 0 Å². The van der Waals surface area contributed by atoms with E-state index in [1.807, 2.05) is 0 Å². The van der Waals surface area contributed by atoms with E-state index in [0.717, 1.165) is 19.3 Å². The molecule has 0 N–H and O–H groups in total. The molecule has 0 amide bonds. The van der Waals surface area contributed by atoms with Gasteiger partial charge in [0.2, 0.25) is 0 Å². The Hall–Kier alpha value is -0.120. The SMILES string of the molecule is CCCCCOO[C@@H]1CCC(C)O1. The van der Waals surface area contributed by atoms with Crippen molar-refractivity contribution in [1.29, 1.82) is 0 Å². The molecular weight excluding hydrogens is 168 g/mol. The van der Waals surface area contributed by atoms with Crippen molar-refractivity contribution in [3.05, 3.63) is 0 Å². The first kappa shape index (κ1) is 11.0. The summed E-state index contributed by atoms with van der Waals surface area (Å²) in [5, 5.41) is 0. The van der Waals surface area contributed by atoms with Crippen LogP contribution in [0.15, 0.2) is 0 Å². The van der Waals surface area contributed by atoms with E-state index < -0.39 is 0 Å². The third-order valence-corrected chi connectivity index (χ3v) is 2.20. The zero-order chi connectivity index (χ0) is 9.52. The lowest BCUT2D eigenvalue weighted by molar-refractivity contribution is -0.373. The van der Waals surface area contributed by atoms with E-state index >= 15 is 0 Å². The lowest BCUT2D eigenvalue weighted by atomic mass is 10.3. The molecule has 0 aromatic heterocycles. The molecule has 0 spiro atoms. The van der Waals surface area contributed by atoms with Crippen molar-refractivity contribution >= 4 is 0 Å². The third-order valence-electron chi connectivity index (χ3n) is 2.20. The molecule has 0 saturated carbocycles. The van der Waals surface area contributed by atoms with E-state index in [9.17, 15) is 0 Å². The van der Waals surface area contributed by atoms with Crippen LogP contribution in [0.2, 0.25) is 0 Å². The highest BCUT2D eigenvalue weighted by molar-refractivity contribution is 4.61. The summed E-state index contributed by atoms with van der Waals surface area (Å²) in [6, 6.07) is 0. The summed E-state index contributed by atoms with van der Waals surface area (Å²) in [6.07, 6.45) is 5.70. The predicted octanol–water partition coefficient (Wildman–Crippen LogP) is 2.65. The maximum Gasteiger partial charge on any atom is 0.191 e. The third kappa shape index (κ3) is 4.60. The lowest BCUT2D eigenvalue weighted by Gasteiger charge is -2.10. The van der Waals surface area contributed by atoms with Crippen molar-refractivity contribution in [2.45, 2.75) is 58.3 Å². The second-order valence-corrected chi connectivity index (χ2v) is 3.58. The van der Waals surface area contributed by atoms with Gasteiger partial charge in [0, 0.05) is 6.42 Å². The van der Waals surface area contributed by atoms with Crippen LogP contribution in [0, 0.1) is 0 Å². The summed E-state index contributed by atoms with van der Waals surface area (Å²) in [6.45, 7) is 4.91. The average Bonchev–Trinajstić information content (AvgIpc) is 2.51. The van der Waals surface area contributed by atoms with E-state index in [2.05, 4.69) is 13.8 Å². The normalized spacial score (nSPS) is 28.2. The van der Waals surface area contributed by atoms with Crippen LogP contribution in [0.3, 0.4) is 0 Å². The Morgan fingerprint density at radius 1 is 1.31 bits per heavy atom. The largest absolute Gasteiger partial charge is 0.347 e. The van der Waals surface area contributed by atoms with Gasteiger partial charge in [-0.05, 0) is 19.8 Å². The Balaban J connectivity index is 1.88. The highest BCUT2D eigenvalue weighted by atomic mass is 17.2. The van der Waals surface area contributed by atoms with Crippen molar-refractivity contribution in [2.24, 2.45) is 0 Å². The molecule has 1 aliphatic heterocycles. The van der Waals surface area contributed by atoms with Gasteiger partial charge in [0.15, 0.2) is 6.29 Å². The van der Waals surface area contributed by atoms with Gasteiger partial charge >= 0.3 is 0 Å². The Labute approximate surface area is 80.3 Å². The maximum absolute atomic E-state index is 5.42.